The van der Waals surface area contributed by atoms with Crippen LogP contribution in [0.5, 0.6) is 0 Å². The standard InChI is InChI=1S/C14H14BrClN2/c1-17-14(11-7-12(15)9-18-8-11)6-10-2-4-13(16)5-3-10/h2-5,7-9,14,17H,6H2,1H3. The highest BCUT2D eigenvalue weighted by Gasteiger charge is 2.10. The molecule has 0 bridgehead atoms. The molecule has 94 valence electrons. The quantitative estimate of drug-likeness (QED) is 0.919. The van der Waals surface area contributed by atoms with Gasteiger partial charge in [-0.1, -0.05) is 23.7 Å². The summed E-state index contributed by atoms with van der Waals surface area (Å²) in [4.78, 5) is 4.20. The molecule has 1 heterocycles. The van der Waals surface area contributed by atoms with Gasteiger partial charge in [0, 0.05) is 27.9 Å². The average Bonchev–Trinajstić information content (AvgIpc) is 2.38. The second kappa shape index (κ2) is 6.32. The summed E-state index contributed by atoms with van der Waals surface area (Å²) in [6, 6.07) is 10.3. The minimum Gasteiger partial charge on any atom is -0.313 e. The van der Waals surface area contributed by atoms with Crippen molar-refractivity contribution in [3.05, 3.63) is 63.3 Å². The summed E-state index contributed by atoms with van der Waals surface area (Å²) in [6.45, 7) is 0. The smallest absolute Gasteiger partial charge is 0.0410 e. The van der Waals surface area contributed by atoms with Crippen LogP contribution in [0.4, 0.5) is 0 Å². The lowest BCUT2D eigenvalue weighted by Crippen LogP contribution is -2.19. The number of benzene rings is 1. The number of hydrogen-bond donors (Lipinski definition) is 1. The summed E-state index contributed by atoms with van der Waals surface area (Å²) in [6.07, 6.45) is 4.59. The van der Waals surface area contributed by atoms with E-state index in [4.69, 9.17) is 11.6 Å². The van der Waals surface area contributed by atoms with E-state index in [0.717, 1.165) is 15.9 Å². The highest BCUT2D eigenvalue weighted by atomic mass is 79.9. The Morgan fingerprint density at radius 1 is 1.28 bits per heavy atom. The summed E-state index contributed by atoms with van der Waals surface area (Å²) in [7, 11) is 1.96. The molecule has 2 nitrogen and oxygen atoms in total. The van der Waals surface area contributed by atoms with Gasteiger partial charge in [0.05, 0.1) is 0 Å². The molecule has 2 aromatic rings. The number of nitrogens with zero attached hydrogens (tertiary/aromatic N) is 1. The highest BCUT2D eigenvalue weighted by molar-refractivity contribution is 9.10. The molecule has 1 unspecified atom stereocenters. The van der Waals surface area contributed by atoms with Gasteiger partial charge in [-0.2, -0.15) is 0 Å². The fourth-order valence-corrected chi connectivity index (χ4v) is 2.37. The molecule has 0 aliphatic carbocycles. The van der Waals surface area contributed by atoms with Crippen molar-refractivity contribution in [1.82, 2.24) is 10.3 Å². The highest BCUT2D eigenvalue weighted by Crippen LogP contribution is 2.21. The SMILES string of the molecule is CNC(Cc1ccc(Cl)cc1)c1cncc(Br)c1. The lowest BCUT2D eigenvalue weighted by molar-refractivity contribution is 0.589. The van der Waals surface area contributed by atoms with Gasteiger partial charge in [0.2, 0.25) is 0 Å². The molecule has 0 saturated carbocycles. The van der Waals surface area contributed by atoms with Gasteiger partial charge in [0.1, 0.15) is 0 Å². The van der Waals surface area contributed by atoms with Crippen LogP contribution in [0.3, 0.4) is 0 Å². The number of likely N-dealkylation sites (N-methyl/N-ethyl adjacent to an activating group) is 1. The molecule has 0 spiro atoms. The molecule has 1 aromatic heterocycles. The lowest BCUT2D eigenvalue weighted by Gasteiger charge is -2.16. The molecule has 1 atom stereocenters. The maximum atomic E-state index is 5.89. The third-order valence-corrected chi connectivity index (χ3v) is 3.52. The lowest BCUT2D eigenvalue weighted by atomic mass is 10.0. The van der Waals surface area contributed by atoms with E-state index in [9.17, 15) is 0 Å². The number of pyridine rings is 1. The number of nitrogens with one attached hydrogen (secondary N) is 1. The van der Waals surface area contributed by atoms with Crippen molar-refractivity contribution < 1.29 is 0 Å². The van der Waals surface area contributed by atoms with E-state index < -0.39 is 0 Å². The van der Waals surface area contributed by atoms with Gasteiger partial charge in [-0.15, -0.1) is 0 Å². The maximum absolute atomic E-state index is 5.89. The van der Waals surface area contributed by atoms with E-state index in [1.807, 2.05) is 25.4 Å². The topological polar surface area (TPSA) is 24.9 Å². The first-order valence-corrected chi connectivity index (χ1v) is 6.88. The van der Waals surface area contributed by atoms with E-state index in [0.29, 0.717) is 0 Å². The minimum absolute atomic E-state index is 0.246. The van der Waals surface area contributed by atoms with Gasteiger partial charge < -0.3 is 5.32 Å². The van der Waals surface area contributed by atoms with Crippen molar-refractivity contribution in [2.24, 2.45) is 0 Å². The van der Waals surface area contributed by atoms with Crippen LogP contribution >= 0.6 is 27.5 Å². The van der Waals surface area contributed by atoms with E-state index in [2.05, 4.69) is 44.4 Å². The van der Waals surface area contributed by atoms with Crippen molar-refractivity contribution in [2.45, 2.75) is 12.5 Å². The molecule has 4 heteroatoms. The van der Waals surface area contributed by atoms with Gasteiger partial charge in [0.25, 0.3) is 0 Å². The van der Waals surface area contributed by atoms with Gasteiger partial charge in [0.15, 0.2) is 0 Å². The second-order valence-electron chi connectivity index (χ2n) is 4.11. The molecule has 2 rings (SSSR count). The zero-order chi connectivity index (χ0) is 13.0. The summed E-state index contributed by atoms with van der Waals surface area (Å²) in [5.74, 6) is 0. The summed E-state index contributed by atoms with van der Waals surface area (Å²) in [5.41, 5.74) is 2.42. The molecule has 0 radical (unpaired) electrons. The molecule has 18 heavy (non-hydrogen) atoms. The Hall–Kier alpha value is -0.900. The Labute approximate surface area is 121 Å². The Morgan fingerprint density at radius 3 is 2.61 bits per heavy atom. The number of aromatic nitrogens is 1. The van der Waals surface area contributed by atoms with Crippen LogP contribution in [0.2, 0.25) is 5.02 Å². The van der Waals surface area contributed by atoms with Crippen molar-refractivity contribution in [1.29, 1.82) is 0 Å². The van der Waals surface area contributed by atoms with Gasteiger partial charge in [-0.05, 0) is 58.7 Å². The van der Waals surface area contributed by atoms with Crippen molar-refractivity contribution in [3.8, 4) is 0 Å². The fourth-order valence-electron chi connectivity index (χ4n) is 1.86. The number of hydrogen-bond acceptors (Lipinski definition) is 2. The van der Waals surface area contributed by atoms with Crippen LogP contribution in [0.1, 0.15) is 17.2 Å². The van der Waals surface area contributed by atoms with Crippen molar-refractivity contribution >= 4 is 27.5 Å². The molecular formula is C14H14BrClN2. The molecular weight excluding hydrogens is 312 g/mol. The van der Waals surface area contributed by atoms with Crippen LogP contribution in [0.15, 0.2) is 47.2 Å². The Morgan fingerprint density at radius 2 is 2.00 bits per heavy atom. The molecule has 0 fully saturated rings. The van der Waals surface area contributed by atoms with Crippen LogP contribution in [0.25, 0.3) is 0 Å². The number of halogens is 2. The predicted molar refractivity (Wildman–Crippen MR) is 78.9 cm³/mol. The van der Waals surface area contributed by atoms with E-state index in [1.54, 1.807) is 6.20 Å². The second-order valence-corrected chi connectivity index (χ2v) is 5.46. The first kappa shape index (κ1) is 13.5. The van der Waals surface area contributed by atoms with E-state index >= 15 is 0 Å². The first-order chi connectivity index (χ1) is 8.69. The molecule has 1 N–H and O–H groups in total. The van der Waals surface area contributed by atoms with Gasteiger partial charge >= 0.3 is 0 Å². The summed E-state index contributed by atoms with van der Waals surface area (Å²) >= 11 is 9.33. The largest absolute Gasteiger partial charge is 0.313 e. The Kier molecular flexibility index (Phi) is 4.75. The molecule has 0 aliphatic heterocycles. The first-order valence-electron chi connectivity index (χ1n) is 5.71. The number of rotatable bonds is 4. The van der Waals surface area contributed by atoms with E-state index in [-0.39, 0.29) is 6.04 Å². The van der Waals surface area contributed by atoms with Crippen LogP contribution in [0, 0.1) is 0 Å². The Balaban J connectivity index is 2.17. The molecule has 0 aliphatic rings. The van der Waals surface area contributed by atoms with Crippen LogP contribution in [-0.2, 0) is 6.42 Å². The van der Waals surface area contributed by atoms with Crippen molar-refractivity contribution in [3.63, 3.8) is 0 Å². The molecule has 0 amide bonds. The zero-order valence-corrected chi connectivity index (χ0v) is 12.4. The summed E-state index contributed by atoms with van der Waals surface area (Å²) in [5, 5.41) is 4.08. The fraction of sp³-hybridized carbons (Fsp3) is 0.214. The molecule has 1 aromatic carbocycles. The minimum atomic E-state index is 0.246. The Bertz CT molecular complexity index is 513. The van der Waals surface area contributed by atoms with Gasteiger partial charge in [-0.3, -0.25) is 4.98 Å². The normalized spacial score (nSPS) is 12.4. The monoisotopic (exact) mass is 324 g/mol. The van der Waals surface area contributed by atoms with Crippen molar-refractivity contribution in [2.75, 3.05) is 7.05 Å². The van der Waals surface area contributed by atoms with Crippen LogP contribution in [-0.4, -0.2) is 12.0 Å². The third-order valence-electron chi connectivity index (χ3n) is 2.83. The predicted octanol–water partition coefficient (Wildman–Crippen LogP) is 4.00. The maximum Gasteiger partial charge on any atom is 0.0410 e. The van der Waals surface area contributed by atoms with Gasteiger partial charge in [-0.25, -0.2) is 0 Å². The zero-order valence-electron chi connectivity index (χ0n) is 10.0. The average molecular weight is 326 g/mol. The summed E-state index contributed by atoms with van der Waals surface area (Å²) < 4.78 is 0.997. The van der Waals surface area contributed by atoms with Crippen LogP contribution < -0.4 is 5.32 Å². The molecule has 0 saturated heterocycles. The third kappa shape index (κ3) is 3.55. The van der Waals surface area contributed by atoms with E-state index in [1.165, 1.54) is 11.1 Å².